The molecule has 2 aliphatic rings. The molecular formula is C48H88N10O20. The van der Waals surface area contributed by atoms with E-state index in [-0.39, 0.29) is 32.4 Å². The fourth-order valence-corrected chi connectivity index (χ4v) is 7.83. The van der Waals surface area contributed by atoms with Crippen molar-refractivity contribution < 1.29 is 97.2 Å². The van der Waals surface area contributed by atoms with Crippen LogP contribution in [-0.2, 0) is 61.8 Å². The van der Waals surface area contributed by atoms with E-state index in [1.165, 1.54) is 24.9 Å². The number of nitrogens with two attached hydrogens (primary N) is 4. The van der Waals surface area contributed by atoms with Crippen LogP contribution < -0.4 is 28.3 Å². The van der Waals surface area contributed by atoms with Crippen LogP contribution in [0, 0.1) is 5.92 Å². The number of carbonyl (C=O) groups excluding carboxylic acids is 2. The van der Waals surface area contributed by atoms with E-state index < -0.39 is 115 Å². The second-order valence-electron chi connectivity index (χ2n) is 18.3. The Hall–Kier alpha value is -5.22. The third-order valence-corrected chi connectivity index (χ3v) is 11.9. The van der Waals surface area contributed by atoms with Crippen LogP contribution in [0.25, 0.3) is 0 Å². The molecule has 2 rings (SSSR count). The second kappa shape index (κ2) is 39.2. The molecule has 0 aromatic heterocycles. The fourth-order valence-electron chi connectivity index (χ4n) is 7.83. The molecule has 2 heterocycles. The van der Waals surface area contributed by atoms with Crippen molar-refractivity contribution in [2.75, 3.05) is 146 Å². The van der Waals surface area contributed by atoms with E-state index in [4.69, 9.17) is 70.3 Å². The van der Waals surface area contributed by atoms with E-state index >= 15 is 0 Å². The van der Waals surface area contributed by atoms with Crippen LogP contribution in [0.15, 0.2) is 33.7 Å². The minimum Gasteiger partial charge on any atom is -0.480 e. The monoisotopic (exact) mass is 1120 g/mol. The molecule has 0 saturated carbocycles. The zero-order valence-corrected chi connectivity index (χ0v) is 45.6. The lowest BCUT2D eigenvalue weighted by atomic mass is 9.87. The molecule has 30 heteroatoms. The second-order valence-corrected chi connectivity index (χ2v) is 18.3. The number of carboxylic acids is 2. The van der Waals surface area contributed by atoms with Crippen molar-refractivity contribution >= 4 is 35.9 Å². The van der Waals surface area contributed by atoms with Crippen LogP contribution in [0.3, 0.4) is 0 Å². The lowest BCUT2D eigenvalue weighted by molar-refractivity contribution is -0.165. The van der Waals surface area contributed by atoms with Crippen molar-refractivity contribution in [2.24, 2.45) is 38.8 Å². The summed E-state index contributed by atoms with van der Waals surface area (Å²) in [5.74, 6) is -5.77. The number of carbonyl (C=O) groups is 4. The molecule has 15 N–H and O–H groups in total. The van der Waals surface area contributed by atoms with Crippen molar-refractivity contribution in [2.45, 2.75) is 94.8 Å². The Balaban J connectivity index is 1.94. The first kappa shape index (κ1) is 68.9. The average Bonchev–Trinajstić information content (AvgIpc) is 3.44. The number of likely N-dealkylation sites (N-methyl/N-ethyl adjacent to an activating group) is 1. The summed E-state index contributed by atoms with van der Waals surface area (Å²) in [6, 6.07) is -3.22. The third-order valence-electron chi connectivity index (χ3n) is 11.9. The summed E-state index contributed by atoms with van der Waals surface area (Å²) in [5.41, 5.74) is 22.3. The first-order chi connectivity index (χ1) is 37.2. The highest BCUT2D eigenvalue weighted by Gasteiger charge is 2.47. The van der Waals surface area contributed by atoms with Gasteiger partial charge in [0.2, 0.25) is 17.4 Å². The highest BCUT2D eigenvalue weighted by atomic mass is 16.6. The molecule has 0 aliphatic carbocycles. The standard InChI is InChI=1S/C48H88N10O20/c1-6-14-69-18-22-73-24-25-74-23-21-72-17-13-58(10-8-7-9-57(5)48(68)78-42(36(63)29-60)43-39(53-32(3)61)34(55-47(51)52)27-38(77-43)45(66)67)12-16-71-20-19-70-15-11-56(4)30-75-41(35(62)28-59)40-31(2)33(54-46(49)50)26-37(76-40)44(64)65/h26-27,31,33-36,39-43,59-60,62-63H,6-25,28-30H2,1-5H3,(H,53,61)(H,64,65)(H,66,67)(H4,49,50,54)(H4,51,52,55)/t31-,33+,34+,35-,36-,39-,40-,41-,42-,43-/m1/s1. The Bertz CT molecular complexity index is 1860. The summed E-state index contributed by atoms with van der Waals surface area (Å²) in [7, 11) is 3.21. The first-order valence-corrected chi connectivity index (χ1v) is 25.9. The minimum atomic E-state index is -1.78. The molecule has 78 heavy (non-hydrogen) atoms. The lowest BCUT2D eigenvalue weighted by Crippen LogP contribution is -2.61. The van der Waals surface area contributed by atoms with E-state index in [1.807, 2.05) is 6.92 Å². The Morgan fingerprint density at radius 2 is 1.10 bits per heavy atom. The number of aliphatic imine (C=N–C) groups is 2. The normalized spacial score (nSPS) is 20.8. The fraction of sp³-hybridized carbons (Fsp3) is 0.792. The van der Waals surface area contributed by atoms with Gasteiger partial charge in [-0.3, -0.25) is 14.6 Å². The molecule has 0 saturated heterocycles. The van der Waals surface area contributed by atoms with E-state index in [0.717, 1.165) is 12.5 Å². The number of aliphatic hydroxyl groups is 4. The van der Waals surface area contributed by atoms with Gasteiger partial charge < -0.3 is 111 Å². The van der Waals surface area contributed by atoms with Gasteiger partial charge in [-0.15, -0.1) is 0 Å². The zero-order valence-electron chi connectivity index (χ0n) is 45.6. The van der Waals surface area contributed by atoms with Crippen LogP contribution in [0.4, 0.5) is 4.79 Å². The number of aliphatic hydroxyl groups excluding tert-OH is 4. The molecule has 450 valence electrons. The molecule has 2 aliphatic heterocycles. The molecule has 0 aromatic carbocycles. The molecule has 0 spiro atoms. The summed E-state index contributed by atoms with van der Waals surface area (Å²) in [6.07, 6.45) is -5.15. The van der Waals surface area contributed by atoms with Gasteiger partial charge in [0.05, 0.1) is 111 Å². The number of hydrogen-bond acceptors (Lipinski definition) is 22. The van der Waals surface area contributed by atoms with Gasteiger partial charge >= 0.3 is 18.0 Å². The molecule has 0 bridgehead atoms. The van der Waals surface area contributed by atoms with Crippen molar-refractivity contribution in [3.8, 4) is 0 Å². The van der Waals surface area contributed by atoms with E-state index in [1.54, 1.807) is 18.9 Å². The summed E-state index contributed by atoms with van der Waals surface area (Å²) in [5, 5.41) is 63.2. The smallest absolute Gasteiger partial charge is 0.410 e. The van der Waals surface area contributed by atoms with Crippen LogP contribution in [0.1, 0.15) is 40.0 Å². The van der Waals surface area contributed by atoms with Gasteiger partial charge in [-0.1, -0.05) is 13.8 Å². The predicted octanol–water partition coefficient (Wildman–Crippen LogP) is -3.84. The van der Waals surface area contributed by atoms with Crippen LogP contribution in [0.5, 0.6) is 0 Å². The van der Waals surface area contributed by atoms with Crippen LogP contribution >= 0.6 is 0 Å². The number of nitrogens with one attached hydrogen (secondary N) is 1. The average molecular weight is 1130 g/mol. The number of aliphatic carboxylic acids is 2. The lowest BCUT2D eigenvalue weighted by Gasteiger charge is -2.40. The molecule has 0 unspecified atom stereocenters. The zero-order chi connectivity index (χ0) is 58.0. The predicted molar refractivity (Wildman–Crippen MR) is 279 cm³/mol. The minimum absolute atomic E-state index is 0.0326. The van der Waals surface area contributed by atoms with Crippen molar-refractivity contribution in [1.82, 2.24) is 20.0 Å². The van der Waals surface area contributed by atoms with E-state index in [2.05, 4.69) is 20.2 Å². The van der Waals surface area contributed by atoms with E-state index in [9.17, 15) is 49.8 Å². The Kier molecular flexibility index (Phi) is 34.6. The first-order valence-electron chi connectivity index (χ1n) is 25.9. The van der Waals surface area contributed by atoms with Gasteiger partial charge in [0, 0.05) is 52.7 Å². The molecule has 0 aromatic rings. The van der Waals surface area contributed by atoms with Gasteiger partial charge in [0.15, 0.2) is 24.1 Å². The Morgan fingerprint density at radius 3 is 1.59 bits per heavy atom. The summed E-state index contributed by atoms with van der Waals surface area (Å²) in [6.45, 7) is 10.5. The molecule has 2 amide bonds. The highest BCUT2D eigenvalue weighted by molar-refractivity contribution is 5.85. The van der Waals surface area contributed by atoms with Gasteiger partial charge in [-0.25, -0.2) is 24.4 Å². The number of nitrogens with zero attached hydrogens (tertiary/aromatic N) is 5. The molecule has 10 atom stereocenters. The Labute approximate surface area is 455 Å². The quantitative estimate of drug-likeness (QED) is 0.0121. The number of ether oxygens (including phenoxy) is 10. The SMILES string of the molecule is CCCOCCOCCOCCOCCN(CCCCN(C)C(=O)O[C@@H]([C@@H]1OC(C(=O)O)=C[C@H](N=C(N)N)[C@H]1NC(C)=O)[C@H](O)CO)CCOCCOCCN(C)CO[C@@H]([C@@H]1OC(C(=O)O)=C[C@H](N=C(N)N)[C@H]1C)[C@H](O)CO. The van der Waals surface area contributed by atoms with Gasteiger partial charge in [-0.05, 0) is 45.0 Å². The van der Waals surface area contributed by atoms with Gasteiger partial charge in [-0.2, -0.15) is 0 Å². The van der Waals surface area contributed by atoms with Crippen LogP contribution in [0.2, 0.25) is 0 Å². The van der Waals surface area contributed by atoms with Crippen molar-refractivity contribution in [1.29, 1.82) is 0 Å². The number of carboxylic acid groups (broad SMARTS) is 2. The largest absolute Gasteiger partial charge is 0.480 e. The van der Waals surface area contributed by atoms with Gasteiger partial charge in [0.1, 0.15) is 24.4 Å². The topological polar surface area (TPSA) is 433 Å². The number of unbranched alkanes of at least 4 members (excludes halogenated alkanes) is 1. The van der Waals surface area contributed by atoms with Crippen LogP contribution in [-0.4, -0.2) is 282 Å². The maximum Gasteiger partial charge on any atom is 0.410 e. The molecule has 0 radical (unpaired) electrons. The number of guanidine groups is 2. The summed E-state index contributed by atoms with van der Waals surface area (Å²) >= 11 is 0. The molecule has 30 nitrogen and oxygen atoms in total. The van der Waals surface area contributed by atoms with Crippen molar-refractivity contribution in [3.63, 3.8) is 0 Å². The molecule has 0 fully saturated rings. The van der Waals surface area contributed by atoms with E-state index in [0.29, 0.717) is 105 Å². The number of rotatable bonds is 43. The van der Waals surface area contributed by atoms with Gasteiger partial charge in [0.25, 0.3) is 0 Å². The number of amides is 2. The maximum absolute atomic E-state index is 13.5. The maximum atomic E-state index is 13.5. The third kappa shape index (κ3) is 27.1. The molecular weight excluding hydrogens is 1040 g/mol. The highest BCUT2D eigenvalue weighted by Crippen LogP contribution is 2.31. The summed E-state index contributed by atoms with van der Waals surface area (Å²) in [4.78, 5) is 62.7. The van der Waals surface area contributed by atoms with Crippen molar-refractivity contribution in [3.05, 3.63) is 23.7 Å². The summed E-state index contributed by atoms with van der Waals surface area (Å²) < 4.78 is 56.9. The number of hydrogen-bond donors (Lipinski definition) is 11. The Morgan fingerprint density at radius 1 is 0.654 bits per heavy atom.